The lowest BCUT2D eigenvalue weighted by atomic mass is 10.2. The number of amides is 3. The number of nitrogens with one attached hydrogen (secondary N) is 1. The number of hydrogen-bond donors (Lipinski definition) is 1. The van der Waals surface area contributed by atoms with Crippen LogP contribution in [0, 0.1) is 0 Å². The normalized spacial score (nSPS) is 16.6. The lowest BCUT2D eigenvalue weighted by Crippen LogP contribution is -2.36. The Bertz CT molecular complexity index is 1070. The van der Waals surface area contributed by atoms with E-state index in [0.29, 0.717) is 30.4 Å². The molecule has 2 aromatic rings. The van der Waals surface area contributed by atoms with Gasteiger partial charge in [-0.3, -0.25) is 19.3 Å². The predicted molar refractivity (Wildman–Crippen MR) is 120 cm³/mol. The van der Waals surface area contributed by atoms with Crippen LogP contribution in [-0.2, 0) is 9.59 Å². The van der Waals surface area contributed by atoms with Crippen molar-refractivity contribution in [2.75, 3.05) is 44.1 Å². The predicted octanol–water partition coefficient (Wildman–Crippen LogP) is 3.20. The van der Waals surface area contributed by atoms with Crippen LogP contribution in [0.25, 0.3) is 6.08 Å². The van der Waals surface area contributed by atoms with Gasteiger partial charge >= 0.3 is 0 Å². The third kappa shape index (κ3) is 4.66. The van der Waals surface area contributed by atoms with Crippen LogP contribution in [0.5, 0.6) is 11.5 Å². The first-order valence-corrected chi connectivity index (χ1v) is 10.4. The van der Waals surface area contributed by atoms with Crippen molar-refractivity contribution in [1.82, 2.24) is 4.90 Å². The number of rotatable bonds is 5. The van der Waals surface area contributed by atoms with Crippen LogP contribution < -0.4 is 19.7 Å². The number of anilines is 2. The summed E-state index contributed by atoms with van der Waals surface area (Å²) in [4.78, 5) is 40.6. The number of carbonyl (C=O) groups excluding carboxylic acids is 3. The van der Waals surface area contributed by atoms with Gasteiger partial charge in [0, 0.05) is 31.5 Å². The lowest BCUT2D eigenvalue weighted by Gasteiger charge is -2.19. The van der Waals surface area contributed by atoms with E-state index in [0.717, 1.165) is 27.9 Å². The van der Waals surface area contributed by atoms with Crippen molar-refractivity contribution in [1.29, 1.82) is 0 Å². The average Bonchev–Trinajstić information content (AvgIpc) is 3.01. The summed E-state index contributed by atoms with van der Waals surface area (Å²) in [5.41, 5.74) is 2.33. The van der Waals surface area contributed by atoms with Gasteiger partial charge in [0.25, 0.3) is 11.1 Å². The molecule has 0 aromatic heterocycles. The Labute approximate surface area is 183 Å². The summed E-state index contributed by atoms with van der Waals surface area (Å²) < 4.78 is 10.9. The molecule has 0 saturated carbocycles. The number of hydrogen-bond acceptors (Lipinski definition) is 7. The van der Waals surface area contributed by atoms with E-state index in [-0.39, 0.29) is 11.4 Å². The van der Waals surface area contributed by atoms with Crippen molar-refractivity contribution in [2.24, 2.45) is 0 Å². The van der Waals surface area contributed by atoms with Crippen molar-refractivity contribution in [2.45, 2.75) is 0 Å². The van der Waals surface area contributed by atoms with E-state index in [1.54, 1.807) is 24.3 Å². The minimum Gasteiger partial charge on any atom is -0.486 e. The molecule has 2 heterocycles. The average molecular weight is 439 g/mol. The van der Waals surface area contributed by atoms with Gasteiger partial charge in [-0.1, -0.05) is 12.1 Å². The largest absolute Gasteiger partial charge is 0.486 e. The second-order valence-electron chi connectivity index (χ2n) is 7.16. The Balaban J connectivity index is 1.41. The molecule has 1 fully saturated rings. The molecule has 1 saturated heterocycles. The van der Waals surface area contributed by atoms with Crippen LogP contribution in [-0.4, -0.2) is 55.8 Å². The molecule has 2 aliphatic rings. The fourth-order valence-electron chi connectivity index (χ4n) is 3.12. The Morgan fingerprint density at radius 1 is 1.10 bits per heavy atom. The highest BCUT2D eigenvalue weighted by molar-refractivity contribution is 8.18. The van der Waals surface area contributed by atoms with E-state index in [9.17, 15) is 14.4 Å². The van der Waals surface area contributed by atoms with Gasteiger partial charge in [-0.05, 0) is 47.7 Å². The van der Waals surface area contributed by atoms with Crippen LogP contribution in [0.15, 0.2) is 47.4 Å². The molecule has 0 spiro atoms. The minimum atomic E-state index is -0.482. The zero-order valence-electron chi connectivity index (χ0n) is 17.1. The van der Waals surface area contributed by atoms with Gasteiger partial charge in [-0.2, -0.15) is 0 Å². The quantitative estimate of drug-likeness (QED) is 0.716. The standard InChI is InChI=1S/C22H21N3O5S/c1-24(2)16-6-3-14(4-7-16)11-19-21(27)25(22(28)31-19)13-20(26)23-15-5-8-17-18(12-15)30-10-9-29-17/h3-8,11-12H,9-10,13H2,1-2H3,(H,23,26)/b19-11+. The van der Waals surface area contributed by atoms with Crippen molar-refractivity contribution >= 4 is 46.3 Å². The number of carbonyl (C=O) groups is 3. The maximum absolute atomic E-state index is 12.7. The first kappa shape index (κ1) is 20.8. The highest BCUT2D eigenvalue weighted by Gasteiger charge is 2.36. The van der Waals surface area contributed by atoms with Crippen molar-refractivity contribution < 1.29 is 23.9 Å². The molecular weight excluding hydrogens is 418 g/mol. The highest BCUT2D eigenvalue weighted by Crippen LogP contribution is 2.34. The van der Waals surface area contributed by atoms with Gasteiger partial charge in [0.2, 0.25) is 5.91 Å². The van der Waals surface area contributed by atoms with Crippen LogP contribution in [0.2, 0.25) is 0 Å². The molecule has 0 radical (unpaired) electrons. The van der Waals surface area contributed by atoms with Crippen LogP contribution in [0.1, 0.15) is 5.56 Å². The van der Waals surface area contributed by atoms with Crippen molar-refractivity contribution in [3.8, 4) is 11.5 Å². The summed E-state index contributed by atoms with van der Waals surface area (Å²) in [6.07, 6.45) is 1.66. The maximum atomic E-state index is 12.7. The van der Waals surface area contributed by atoms with E-state index >= 15 is 0 Å². The molecule has 0 aliphatic carbocycles. The molecule has 0 bridgehead atoms. The van der Waals surface area contributed by atoms with Gasteiger partial charge in [-0.25, -0.2) is 0 Å². The van der Waals surface area contributed by atoms with Crippen LogP contribution in [0.3, 0.4) is 0 Å². The molecule has 2 aliphatic heterocycles. The number of thioether (sulfide) groups is 1. The third-order valence-electron chi connectivity index (χ3n) is 4.71. The Kier molecular flexibility index (Phi) is 5.85. The Morgan fingerprint density at radius 2 is 1.81 bits per heavy atom. The van der Waals surface area contributed by atoms with E-state index < -0.39 is 17.1 Å². The summed E-state index contributed by atoms with van der Waals surface area (Å²) in [5.74, 6) is 0.192. The van der Waals surface area contributed by atoms with Gasteiger partial charge < -0.3 is 19.7 Å². The van der Waals surface area contributed by atoms with Crippen LogP contribution in [0.4, 0.5) is 16.2 Å². The second-order valence-corrected chi connectivity index (χ2v) is 8.15. The minimum absolute atomic E-state index is 0.287. The summed E-state index contributed by atoms with van der Waals surface area (Å²) in [5, 5.41) is 2.21. The number of fused-ring (bicyclic) bond motifs is 1. The van der Waals surface area contributed by atoms with Gasteiger partial charge in [-0.15, -0.1) is 0 Å². The molecule has 0 unspecified atom stereocenters. The SMILES string of the molecule is CN(C)c1ccc(/C=C2/SC(=O)N(CC(=O)Nc3ccc4c(c3)OCCO4)C2=O)cc1. The smallest absolute Gasteiger partial charge is 0.294 e. The molecule has 0 atom stereocenters. The molecule has 3 amide bonds. The lowest BCUT2D eigenvalue weighted by molar-refractivity contribution is -0.127. The summed E-state index contributed by atoms with van der Waals surface area (Å²) in [6, 6.07) is 12.6. The molecular formula is C22H21N3O5S. The number of benzene rings is 2. The number of ether oxygens (including phenoxy) is 2. The van der Waals surface area contributed by atoms with E-state index in [1.807, 2.05) is 43.3 Å². The summed E-state index contributed by atoms with van der Waals surface area (Å²) in [7, 11) is 3.88. The topological polar surface area (TPSA) is 88.2 Å². The Morgan fingerprint density at radius 3 is 2.52 bits per heavy atom. The van der Waals surface area contributed by atoms with Gasteiger partial charge in [0.15, 0.2) is 11.5 Å². The number of imide groups is 1. The first-order chi connectivity index (χ1) is 14.9. The second kappa shape index (κ2) is 8.73. The first-order valence-electron chi connectivity index (χ1n) is 9.63. The molecule has 8 nitrogen and oxygen atoms in total. The molecule has 160 valence electrons. The molecule has 31 heavy (non-hydrogen) atoms. The monoisotopic (exact) mass is 439 g/mol. The Hall–Kier alpha value is -3.46. The zero-order valence-corrected chi connectivity index (χ0v) is 17.9. The molecule has 1 N–H and O–H groups in total. The fraction of sp³-hybridized carbons (Fsp3) is 0.227. The molecule has 2 aromatic carbocycles. The zero-order chi connectivity index (χ0) is 22.0. The summed E-state index contributed by atoms with van der Waals surface area (Å²) in [6.45, 7) is 0.548. The molecule has 9 heteroatoms. The fourth-order valence-corrected chi connectivity index (χ4v) is 3.96. The van der Waals surface area contributed by atoms with Gasteiger partial charge in [0.1, 0.15) is 19.8 Å². The third-order valence-corrected chi connectivity index (χ3v) is 5.62. The van der Waals surface area contributed by atoms with E-state index in [4.69, 9.17) is 9.47 Å². The van der Waals surface area contributed by atoms with E-state index in [2.05, 4.69) is 5.32 Å². The van der Waals surface area contributed by atoms with E-state index in [1.165, 1.54) is 0 Å². The molecule has 4 rings (SSSR count). The highest BCUT2D eigenvalue weighted by atomic mass is 32.2. The number of nitrogens with zero attached hydrogens (tertiary/aromatic N) is 2. The summed E-state index contributed by atoms with van der Waals surface area (Å²) >= 11 is 0.826. The van der Waals surface area contributed by atoms with Gasteiger partial charge in [0.05, 0.1) is 4.91 Å². The van der Waals surface area contributed by atoms with Crippen LogP contribution >= 0.6 is 11.8 Å². The van der Waals surface area contributed by atoms with Crippen molar-refractivity contribution in [3.05, 3.63) is 52.9 Å². The van der Waals surface area contributed by atoms with Crippen molar-refractivity contribution in [3.63, 3.8) is 0 Å². The maximum Gasteiger partial charge on any atom is 0.294 e.